The van der Waals surface area contributed by atoms with Gasteiger partial charge in [0.2, 0.25) is 0 Å². The largest absolute Gasteiger partial charge is 0.334 e. The third kappa shape index (κ3) is 6.20. The lowest BCUT2D eigenvalue weighted by Gasteiger charge is -2.36. The zero-order chi connectivity index (χ0) is 33.2. The molecule has 0 saturated heterocycles. The van der Waals surface area contributed by atoms with E-state index in [2.05, 4.69) is 169 Å². The molecule has 2 nitrogen and oxygen atoms in total. The van der Waals surface area contributed by atoms with Crippen molar-refractivity contribution < 1.29 is 0 Å². The Balaban J connectivity index is 1.03. The number of rotatable bonds is 6. The Kier molecular flexibility index (Phi) is 8.61. The summed E-state index contributed by atoms with van der Waals surface area (Å²) < 4.78 is 0. The maximum absolute atomic E-state index is 3.60. The Labute approximate surface area is 293 Å². The van der Waals surface area contributed by atoms with Crippen molar-refractivity contribution in [1.29, 1.82) is 0 Å². The fraction of sp³-hybridized carbons (Fsp3) is 0.277. The summed E-state index contributed by atoms with van der Waals surface area (Å²) in [5, 5.41) is 0. The Bertz CT molecular complexity index is 1990. The molecule has 6 aliphatic carbocycles. The second-order valence-corrected chi connectivity index (χ2v) is 14.4. The van der Waals surface area contributed by atoms with E-state index in [4.69, 9.17) is 0 Å². The van der Waals surface area contributed by atoms with Gasteiger partial charge in [0.05, 0.1) is 6.04 Å². The highest BCUT2D eigenvalue weighted by Crippen LogP contribution is 2.57. The number of benzene rings is 2. The van der Waals surface area contributed by atoms with E-state index in [1.54, 1.807) is 11.1 Å². The molecule has 2 atom stereocenters. The SMILES string of the molecule is CC1(C)C2=CC(N(C3=CCCC=C3)C3=CC=CCC3)=CCC2C2=C1C=C(C#Cc1ccc(N(c3ccccc3)C3C=CC=CC3)cc1)CC2. The van der Waals surface area contributed by atoms with Crippen molar-refractivity contribution in [2.75, 3.05) is 4.90 Å². The molecule has 2 aromatic rings. The van der Waals surface area contributed by atoms with Crippen molar-refractivity contribution in [1.82, 2.24) is 4.90 Å². The highest BCUT2D eigenvalue weighted by Gasteiger charge is 2.44. The molecule has 0 heterocycles. The monoisotopic (exact) mass is 638 g/mol. The number of allylic oxidation sites excluding steroid dienone is 16. The van der Waals surface area contributed by atoms with Crippen LogP contribution >= 0.6 is 0 Å². The smallest absolute Gasteiger partial charge is 0.0559 e. The Hall–Kier alpha value is -5.00. The molecule has 2 aromatic carbocycles. The van der Waals surface area contributed by atoms with Gasteiger partial charge in [0.1, 0.15) is 0 Å². The molecule has 244 valence electrons. The average Bonchev–Trinajstić information content (AvgIpc) is 3.38. The molecule has 0 saturated carbocycles. The van der Waals surface area contributed by atoms with Gasteiger partial charge in [-0.2, -0.15) is 0 Å². The number of para-hydroxylation sites is 1. The molecule has 2 unspecified atom stereocenters. The molecule has 0 N–H and O–H groups in total. The summed E-state index contributed by atoms with van der Waals surface area (Å²) in [4.78, 5) is 4.96. The van der Waals surface area contributed by atoms with Crippen LogP contribution in [0.2, 0.25) is 0 Å². The van der Waals surface area contributed by atoms with Gasteiger partial charge in [0, 0.05) is 50.9 Å². The number of anilines is 2. The van der Waals surface area contributed by atoms with E-state index in [0.717, 1.165) is 56.9 Å². The minimum Gasteiger partial charge on any atom is -0.334 e. The predicted molar refractivity (Wildman–Crippen MR) is 206 cm³/mol. The van der Waals surface area contributed by atoms with Gasteiger partial charge >= 0.3 is 0 Å². The average molecular weight is 639 g/mol. The second kappa shape index (κ2) is 13.5. The maximum Gasteiger partial charge on any atom is 0.0559 e. The molecule has 0 fully saturated rings. The Morgan fingerprint density at radius 3 is 2.33 bits per heavy atom. The van der Waals surface area contributed by atoms with E-state index in [1.165, 1.54) is 39.6 Å². The van der Waals surface area contributed by atoms with Crippen LogP contribution in [-0.2, 0) is 0 Å². The summed E-state index contributed by atoms with van der Waals surface area (Å²) in [5.41, 5.74) is 13.5. The number of hydrogen-bond donors (Lipinski definition) is 0. The van der Waals surface area contributed by atoms with E-state index < -0.39 is 0 Å². The van der Waals surface area contributed by atoms with Gasteiger partial charge < -0.3 is 9.80 Å². The van der Waals surface area contributed by atoms with E-state index in [-0.39, 0.29) is 5.41 Å². The van der Waals surface area contributed by atoms with Crippen LogP contribution in [0.4, 0.5) is 11.4 Å². The van der Waals surface area contributed by atoms with Gasteiger partial charge in [-0.25, -0.2) is 0 Å². The lowest BCUT2D eigenvalue weighted by Crippen LogP contribution is -2.29. The van der Waals surface area contributed by atoms with Crippen molar-refractivity contribution >= 4 is 11.4 Å². The normalized spacial score (nSPS) is 23.3. The highest BCUT2D eigenvalue weighted by atomic mass is 15.2. The zero-order valence-electron chi connectivity index (χ0n) is 28.9. The van der Waals surface area contributed by atoms with Crippen LogP contribution in [0.3, 0.4) is 0 Å². The molecule has 49 heavy (non-hydrogen) atoms. The van der Waals surface area contributed by atoms with Crippen molar-refractivity contribution in [3.63, 3.8) is 0 Å². The van der Waals surface area contributed by atoms with Crippen molar-refractivity contribution in [3.05, 3.63) is 179 Å². The van der Waals surface area contributed by atoms with Gasteiger partial charge in [-0.15, -0.1) is 0 Å². The standard InChI is InChI=1S/C47H46N2/c1-47(2)45-33-36(24-23-35-25-28-41(29-26-35)48(37-15-7-3-8-16-37)38-17-9-4-10-18-38)27-31-43(45)44-32-30-42(34-46(44)47)49(39-19-11-5-12-20-39)40-21-13-6-14-22-40/h3-5,7-11,13,15-17,19,21-22,25-26,28-30,33-34,38,44H,6,12,14,18,20,27,31-32H2,1-2H3. The number of nitrogens with zero attached hydrogens (tertiary/aromatic N) is 2. The Morgan fingerprint density at radius 1 is 0.714 bits per heavy atom. The molecule has 0 amide bonds. The topological polar surface area (TPSA) is 6.48 Å². The van der Waals surface area contributed by atoms with Gasteiger partial charge in [0.15, 0.2) is 0 Å². The summed E-state index contributed by atoms with van der Waals surface area (Å²) in [7, 11) is 0. The van der Waals surface area contributed by atoms with Crippen LogP contribution in [0.5, 0.6) is 0 Å². The van der Waals surface area contributed by atoms with Crippen LogP contribution < -0.4 is 4.90 Å². The van der Waals surface area contributed by atoms with Gasteiger partial charge in [0.25, 0.3) is 0 Å². The first-order chi connectivity index (χ1) is 24.1. The van der Waals surface area contributed by atoms with Crippen molar-refractivity contribution in [2.24, 2.45) is 11.3 Å². The minimum atomic E-state index is -0.0124. The molecule has 0 bridgehead atoms. The molecule has 2 heteroatoms. The zero-order valence-corrected chi connectivity index (χ0v) is 28.9. The van der Waals surface area contributed by atoms with Crippen LogP contribution in [0, 0.1) is 23.2 Å². The first-order valence-corrected chi connectivity index (χ1v) is 18.2. The number of hydrogen-bond acceptors (Lipinski definition) is 2. The molecular formula is C47H46N2. The first kappa shape index (κ1) is 31.3. The molecular weight excluding hydrogens is 593 g/mol. The second-order valence-electron chi connectivity index (χ2n) is 14.4. The molecule has 6 aliphatic rings. The summed E-state index contributed by atoms with van der Waals surface area (Å²) in [6.07, 6.45) is 38.8. The molecule has 0 aliphatic heterocycles. The van der Waals surface area contributed by atoms with Crippen molar-refractivity contribution in [3.8, 4) is 11.8 Å². The molecule has 0 radical (unpaired) electrons. The van der Waals surface area contributed by atoms with E-state index in [1.807, 2.05) is 0 Å². The third-order valence-corrected chi connectivity index (χ3v) is 11.0. The number of fused-ring (bicyclic) bond motifs is 2. The fourth-order valence-corrected chi connectivity index (χ4v) is 8.49. The van der Waals surface area contributed by atoms with Gasteiger partial charge in [-0.3, -0.25) is 0 Å². The van der Waals surface area contributed by atoms with Crippen LogP contribution in [0.25, 0.3) is 0 Å². The van der Waals surface area contributed by atoms with E-state index in [9.17, 15) is 0 Å². The van der Waals surface area contributed by atoms with Crippen LogP contribution in [0.15, 0.2) is 173 Å². The maximum atomic E-state index is 3.60. The Morgan fingerprint density at radius 2 is 1.57 bits per heavy atom. The first-order valence-electron chi connectivity index (χ1n) is 18.2. The van der Waals surface area contributed by atoms with Crippen LogP contribution in [-0.4, -0.2) is 10.9 Å². The third-order valence-electron chi connectivity index (χ3n) is 11.0. The van der Waals surface area contributed by atoms with Crippen molar-refractivity contribution in [2.45, 2.75) is 71.3 Å². The molecule has 0 spiro atoms. The van der Waals surface area contributed by atoms with Crippen LogP contribution in [0.1, 0.15) is 70.8 Å². The quantitative estimate of drug-likeness (QED) is 0.291. The van der Waals surface area contributed by atoms with Gasteiger partial charge in [-0.1, -0.05) is 110 Å². The summed E-state index contributed by atoms with van der Waals surface area (Å²) in [6, 6.07) is 19.8. The minimum absolute atomic E-state index is 0.0124. The highest BCUT2D eigenvalue weighted by molar-refractivity contribution is 5.66. The van der Waals surface area contributed by atoms with Gasteiger partial charge in [-0.05, 0) is 118 Å². The lowest BCUT2D eigenvalue weighted by molar-refractivity contribution is 0.486. The fourth-order valence-electron chi connectivity index (χ4n) is 8.49. The lowest BCUT2D eigenvalue weighted by atomic mass is 9.76. The predicted octanol–water partition coefficient (Wildman–Crippen LogP) is 11.7. The summed E-state index contributed by atoms with van der Waals surface area (Å²) in [5.74, 6) is 7.63. The molecule has 8 rings (SSSR count). The summed E-state index contributed by atoms with van der Waals surface area (Å²) in [6.45, 7) is 4.87. The van der Waals surface area contributed by atoms with E-state index in [0.29, 0.717) is 12.0 Å². The molecule has 0 aromatic heterocycles. The van der Waals surface area contributed by atoms with E-state index >= 15 is 0 Å². The summed E-state index contributed by atoms with van der Waals surface area (Å²) >= 11 is 0.